The lowest BCUT2D eigenvalue weighted by molar-refractivity contribution is -0.123. The van der Waals surface area contributed by atoms with E-state index < -0.39 is 23.6 Å². The molecule has 3 aromatic carbocycles. The molecule has 0 radical (unpaired) electrons. The molecule has 4 aliphatic rings. The molecule has 3 amide bonds. The average molecular weight is 674 g/mol. The van der Waals surface area contributed by atoms with E-state index in [1.54, 1.807) is 30.0 Å². The zero-order valence-electron chi connectivity index (χ0n) is 24.8. The van der Waals surface area contributed by atoms with Crippen LogP contribution < -0.4 is 24.6 Å². The van der Waals surface area contributed by atoms with Crippen molar-refractivity contribution in [3.63, 3.8) is 0 Å². The molecule has 4 aromatic rings. The van der Waals surface area contributed by atoms with Crippen molar-refractivity contribution in [3.8, 4) is 17.2 Å². The molecule has 10 nitrogen and oxygen atoms in total. The molecule has 240 valence electrons. The van der Waals surface area contributed by atoms with E-state index >= 15 is 0 Å². The van der Waals surface area contributed by atoms with E-state index in [9.17, 15) is 28.7 Å². The first kappa shape index (κ1) is 29.8. The number of amides is 3. The van der Waals surface area contributed by atoms with Gasteiger partial charge in [-0.25, -0.2) is 4.39 Å². The summed E-state index contributed by atoms with van der Waals surface area (Å²) in [5, 5.41) is 13.0. The van der Waals surface area contributed by atoms with Crippen molar-refractivity contribution in [2.24, 2.45) is 29.6 Å². The van der Waals surface area contributed by atoms with E-state index in [-0.39, 0.29) is 58.0 Å². The van der Waals surface area contributed by atoms with Gasteiger partial charge in [0.15, 0.2) is 18.1 Å². The first-order chi connectivity index (χ1) is 22.7. The van der Waals surface area contributed by atoms with Gasteiger partial charge in [0.25, 0.3) is 5.91 Å². The van der Waals surface area contributed by atoms with Crippen LogP contribution in [0.2, 0.25) is 0 Å². The Morgan fingerprint density at radius 2 is 1.72 bits per heavy atom. The largest absolute Gasteiger partial charge is 0.508 e. The number of fused-ring (bicyclic) bond motifs is 9. The van der Waals surface area contributed by atoms with Gasteiger partial charge in [0.05, 0.1) is 29.7 Å². The van der Waals surface area contributed by atoms with Crippen LogP contribution in [0.25, 0.3) is 0 Å². The Hall–Kier alpha value is -4.62. The van der Waals surface area contributed by atoms with Gasteiger partial charge in [-0.3, -0.25) is 24.1 Å². The number of thioether (sulfide) groups is 1. The summed E-state index contributed by atoms with van der Waals surface area (Å²) >= 11 is 2.75. The zero-order valence-corrected chi connectivity index (χ0v) is 26.5. The molecule has 2 aliphatic carbocycles. The number of hydrogen-bond donors (Lipinski definition) is 3. The molecular weight excluding hydrogens is 646 g/mol. The van der Waals surface area contributed by atoms with Crippen molar-refractivity contribution in [3.05, 3.63) is 92.7 Å². The van der Waals surface area contributed by atoms with E-state index in [0.717, 1.165) is 33.2 Å². The Morgan fingerprint density at radius 1 is 1.00 bits per heavy atom. The van der Waals surface area contributed by atoms with E-state index in [0.29, 0.717) is 22.9 Å². The number of carbonyl (C=O) groups is 3. The summed E-state index contributed by atoms with van der Waals surface area (Å²) in [6.07, 6.45) is 0.733. The number of aromatic hydroxyl groups is 1. The monoisotopic (exact) mass is 673 g/mol. The number of H-pyrrole nitrogens is 1. The van der Waals surface area contributed by atoms with Crippen molar-refractivity contribution in [1.29, 1.82) is 0 Å². The number of aromatic amines is 1. The molecule has 8 rings (SSSR count). The smallest absolute Gasteiger partial charge is 0.305 e. The zero-order chi connectivity index (χ0) is 32.6. The van der Waals surface area contributed by atoms with Gasteiger partial charge in [0.2, 0.25) is 11.8 Å². The molecule has 3 heterocycles. The van der Waals surface area contributed by atoms with Crippen molar-refractivity contribution in [1.82, 2.24) is 4.98 Å². The van der Waals surface area contributed by atoms with Gasteiger partial charge >= 0.3 is 4.87 Å². The minimum absolute atomic E-state index is 0.000524. The Labute approximate surface area is 275 Å². The molecule has 1 aromatic heterocycles. The van der Waals surface area contributed by atoms with Crippen molar-refractivity contribution in [2.45, 2.75) is 22.6 Å². The van der Waals surface area contributed by atoms with Gasteiger partial charge in [-0.15, -0.1) is 11.8 Å². The van der Waals surface area contributed by atoms with E-state index in [1.165, 1.54) is 48.4 Å². The number of aromatic nitrogens is 1. The molecular formula is C34H28FN3O7S2. The lowest BCUT2D eigenvalue weighted by atomic mass is 9.68. The molecule has 4 unspecified atom stereocenters. The van der Waals surface area contributed by atoms with E-state index in [1.807, 2.05) is 12.1 Å². The number of nitrogens with one attached hydrogen (secondary N) is 2. The molecule has 2 saturated carbocycles. The minimum Gasteiger partial charge on any atom is -0.508 e. The van der Waals surface area contributed by atoms with E-state index in [4.69, 9.17) is 9.47 Å². The number of benzene rings is 3. The molecule has 3 N–H and O–H groups in total. The third-order valence-corrected chi connectivity index (χ3v) is 12.5. The number of nitrogens with zero attached hydrogens (tertiary/aromatic N) is 1. The lowest BCUT2D eigenvalue weighted by Gasteiger charge is -2.43. The van der Waals surface area contributed by atoms with Crippen LogP contribution in [0.3, 0.4) is 0 Å². The first-order valence-electron chi connectivity index (χ1n) is 15.1. The number of methoxy groups -OCH3 is 1. The number of thiazole rings is 1. The fourth-order valence-corrected chi connectivity index (χ4v) is 11.0. The number of rotatable bonds is 7. The summed E-state index contributed by atoms with van der Waals surface area (Å²) in [5.41, 5.74) is 1.77. The van der Waals surface area contributed by atoms with Gasteiger partial charge in [-0.2, -0.15) is 0 Å². The molecule has 7 atom stereocenters. The molecule has 3 fully saturated rings. The molecule has 2 bridgehead atoms. The lowest BCUT2D eigenvalue weighted by Crippen LogP contribution is -2.42. The molecule has 13 heteroatoms. The third kappa shape index (κ3) is 4.82. The predicted octanol–water partition coefficient (Wildman–Crippen LogP) is 4.99. The second-order valence-corrected chi connectivity index (χ2v) is 14.4. The minimum atomic E-state index is -0.490. The number of ether oxygens (including phenoxy) is 2. The highest BCUT2D eigenvalue weighted by molar-refractivity contribution is 8.00. The number of halogens is 1. The number of carbonyl (C=O) groups excluding carboxylic acids is 3. The summed E-state index contributed by atoms with van der Waals surface area (Å²) < 4.78 is 25.2. The topological polar surface area (TPSA) is 138 Å². The fourth-order valence-electron chi connectivity index (χ4n) is 8.12. The molecule has 1 saturated heterocycles. The summed E-state index contributed by atoms with van der Waals surface area (Å²) in [7, 11) is 1.51. The van der Waals surface area contributed by atoms with Crippen molar-refractivity contribution < 1.29 is 33.4 Å². The Bertz CT molecular complexity index is 1980. The van der Waals surface area contributed by atoms with Crippen LogP contribution in [0.4, 0.5) is 15.8 Å². The summed E-state index contributed by atoms with van der Waals surface area (Å²) in [6, 6.07) is 17.0. The standard InChI is InChI=1S/C34H28FN3O7S2/c1-44-23-12-15(2-11-22(23)45-14-24(40)36-17-5-9-19(39)10-6-17)25-26-20-13-21(29(26)46-31-30(25)47-34(43)37-31)28-27(20)32(41)38(33(28)42)18-7-3-16(35)4-8-18/h2-12,20-21,25-29,39H,13-14H2,1H3,(H,36,40)(H,37,43)/t20-,21-,25-,26?,27?,28?,29?/m1/s1. The number of phenolic OH excluding ortho intramolecular Hbond substituents is 1. The van der Waals surface area contributed by atoms with Crippen LogP contribution in [0.15, 0.2) is 76.6 Å². The SMILES string of the molecule is COc1cc([C@H]2c3sc(=O)[nH]c3SC3C2[C@H]2C[C@@H]3C3C(=O)N(c4ccc(F)cc4)C(=O)C32)ccc1OCC(=O)Nc1ccc(O)cc1. The van der Waals surface area contributed by atoms with Gasteiger partial charge in [0, 0.05) is 21.7 Å². The second kappa shape index (κ2) is 11.3. The Kier molecular flexibility index (Phi) is 7.14. The average Bonchev–Trinajstić information content (AvgIpc) is 3.80. The highest BCUT2D eigenvalue weighted by Crippen LogP contribution is 2.68. The number of imide groups is 1. The van der Waals surface area contributed by atoms with Crippen LogP contribution in [-0.4, -0.2) is 46.8 Å². The number of hydrogen-bond acceptors (Lipinski definition) is 9. The van der Waals surface area contributed by atoms with Crippen LogP contribution in [0, 0.1) is 35.4 Å². The van der Waals surface area contributed by atoms with Crippen LogP contribution in [0.5, 0.6) is 17.2 Å². The molecule has 0 spiro atoms. The van der Waals surface area contributed by atoms with Gasteiger partial charge in [0.1, 0.15) is 11.6 Å². The highest BCUT2D eigenvalue weighted by Gasteiger charge is 2.69. The summed E-state index contributed by atoms with van der Waals surface area (Å²) in [6.45, 7) is -0.279. The van der Waals surface area contributed by atoms with Crippen LogP contribution in [-0.2, 0) is 14.4 Å². The first-order valence-corrected chi connectivity index (χ1v) is 16.8. The second-order valence-electron chi connectivity index (χ2n) is 12.2. The maximum absolute atomic E-state index is 13.9. The number of phenols is 1. The maximum Gasteiger partial charge on any atom is 0.305 e. The van der Waals surface area contributed by atoms with Crippen molar-refractivity contribution >= 4 is 52.2 Å². The third-order valence-electron chi connectivity index (χ3n) is 9.87. The maximum atomic E-state index is 13.9. The normalized spacial score (nSPS) is 26.9. The van der Waals surface area contributed by atoms with Gasteiger partial charge in [-0.05, 0) is 90.4 Å². The predicted molar refractivity (Wildman–Crippen MR) is 173 cm³/mol. The van der Waals surface area contributed by atoms with E-state index in [2.05, 4.69) is 10.3 Å². The summed E-state index contributed by atoms with van der Waals surface area (Å²) in [4.78, 5) is 57.8. The van der Waals surface area contributed by atoms with Gasteiger partial charge in [-0.1, -0.05) is 17.4 Å². The highest BCUT2D eigenvalue weighted by atomic mass is 32.2. The molecule has 47 heavy (non-hydrogen) atoms. The number of anilines is 2. The Morgan fingerprint density at radius 3 is 2.45 bits per heavy atom. The Balaban J connectivity index is 1.09. The van der Waals surface area contributed by atoms with Gasteiger partial charge < -0.3 is 24.9 Å². The van der Waals surface area contributed by atoms with Crippen LogP contribution >= 0.6 is 23.1 Å². The summed E-state index contributed by atoms with van der Waals surface area (Å²) in [5.74, 6) is -1.82. The molecule has 2 aliphatic heterocycles. The quantitative estimate of drug-likeness (QED) is 0.185. The van der Waals surface area contributed by atoms with Crippen molar-refractivity contribution in [2.75, 3.05) is 23.9 Å². The fraction of sp³-hybridized carbons (Fsp3) is 0.294. The van der Waals surface area contributed by atoms with Crippen LogP contribution in [0.1, 0.15) is 22.8 Å².